The lowest BCUT2D eigenvalue weighted by Gasteiger charge is -2.35. The third-order valence-electron chi connectivity index (χ3n) is 6.19. The average molecular weight is 457 g/mol. The molecular weight excluding hydrogens is 429 g/mol. The van der Waals surface area contributed by atoms with Crippen LogP contribution in [0.2, 0.25) is 0 Å². The summed E-state index contributed by atoms with van der Waals surface area (Å²) >= 11 is 0. The van der Waals surface area contributed by atoms with Gasteiger partial charge in [-0.1, -0.05) is 55.3 Å². The lowest BCUT2D eigenvalue weighted by Crippen LogP contribution is -2.52. The minimum Gasteiger partial charge on any atom is -0.406 e. The van der Waals surface area contributed by atoms with Gasteiger partial charge in [-0.25, -0.2) is 0 Å². The van der Waals surface area contributed by atoms with Crippen molar-refractivity contribution in [3.8, 4) is 5.75 Å². The van der Waals surface area contributed by atoms with E-state index in [0.717, 1.165) is 37.8 Å². The van der Waals surface area contributed by atoms with E-state index in [2.05, 4.69) is 52.6 Å². The molecule has 4 rings (SSSR count). The molecule has 0 unspecified atom stereocenters. The Morgan fingerprint density at radius 3 is 2.33 bits per heavy atom. The number of fused-ring (bicyclic) bond motifs is 1. The Bertz CT molecular complexity index is 1090. The molecule has 1 aliphatic rings. The molecule has 2 N–H and O–H groups in total. The minimum atomic E-state index is -4.76. The summed E-state index contributed by atoms with van der Waals surface area (Å²) < 4.78 is 40.9. The van der Waals surface area contributed by atoms with E-state index in [1.54, 1.807) is 0 Å². The lowest BCUT2D eigenvalue weighted by molar-refractivity contribution is -0.274. The van der Waals surface area contributed by atoms with Crippen molar-refractivity contribution in [3.05, 3.63) is 77.9 Å². The fourth-order valence-electron chi connectivity index (χ4n) is 4.60. The van der Waals surface area contributed by atoms with Crippen molar-refractivity contribution in [2.45, 2.75) is 57.1 Å². The van der Waals surface area contributed by atoms with Crippen molar-refractivity contribution < 1.29 is 22.7 Å². The molecular formula is C26H27F3N2O2. The first-order valence-corrected chi connectivity index (χ1v) is 11.2. The third kappa shape index (κ3) is 5.85. The highest BCUT2D eigenvalue weighted by Gasteiger charge is 2.31. The van der Waals surface area contributed by atoms with Gasteiger partial charge in [0, 0.05) is 23.7 Å². The summed E-state index contributed by atoms with van der Waals surface area (Å²) in [6, 6.07) is 19.7. The number of amides is 1. The Morgan fingerprint density at radius 2 is 1.61 bits per heavy atom. The summed E-state index contributed by atoms with van der Waals surface area (Å²) in [7, 11) is 0. The van der Waals surface area contributed by atoms with E-state index < -0.39 is 6.36 Å². The standard InChI is InChI=1S/C26H27F3N2O2/c1-17(21-10-6-8-18-7-2-3-9-22(18)21)30-23-11-4-5-12-24(23)31-25(32)19-13-15-20(16-14-19)33-26(27,28)29/h2-3,6-10,13-17,23-24,30H,4-5,11-12H2,1H3,(H,31,32)/t17-,23-,24-/m0/s1. The molecule has 1 aliphatic carbocycles. The Morgan fingerprint density at radius 1 is 0.939 bits per heavy atom. The van der Waals surface area contributed by atoms with E-state index >= 15 is 0 Å². The molecule has 1 amide bonds. The fraction of sp³-hybridized carbons (Fsp3) is 0.346. The molecule has 3 aromatic rings. The van der Waals surface area contributed by atoms with Crippen molar-refractivity contribution in [2.75, 3.05) is 0 Å². The highest BCUT2D eigenvalue weighted by Crippen LogP contribution is 2.27. The van der Waals surface area contributed by atoms with Crippen LogP contribution in [0.4, 0.5) is 13.2 Å². The van der Waals surface area contributed by atoms with E-state index in [9.17, 15) is 18.0 Å². The molecule has 0 heterocycles. The number of hydrogen-bond donors (Lipinski definition) is 2. The highest BCUT2D eigenvalue weighted by molar-refractivity contribution is 5.94. The van der Waals surface area contributed by atoms with E-state index in [4.69, 9.17) is 0 Å². The van der Waals surface area contributed by atoms with Gasteiger partial charge < -0.3 is 15.4 Å². The number of ether oxygens (including phenoxy) is 1. The largest absolute Gasteiger partial charge is 0.573 e. The molecule has 0 radical (unpaired) electrons. The fourth-order valence-corrected chi connectivity index (χ4v) is 4.60. The van der Waals surface area contributed by atoms with Crippen LogP contribution in [0, 0.1) is 0 Å². The van der Waals surface area contributed by atoms with Crippen LogP contribution in [0.15, 0.2) is 66.7 Å². The number of carbonyl (C=O) groups excluding carboxylic acids is 1. The van der Waals surface area contributed by atoms with Crippen molar-refractivity contribution in [2.24, 2.45) is 0 Å². The van der Waals surface area contributed by atoms with Crippen LogP contribution in [-0.2, 0) is 0 Å². The van der Waals surface area contributed by atoms with Crippen molar-refractivity contribution >= 4 is 16.7 Å². The highest BCUT2D eigenvalue weighted by atomic mass is 19.4. The smallest absolute Gasteiger partial charge is 0.406 e. The zero-order valence-electron chi connectivity index (χ0n) is 18.4. The number of nitrogens with one attached hydrogen (secondary N) is 2. The summed E-state index contributed by atoms with van der Waals surface area (Å²) in [4.78, 5) is 12.8. The second-order valence-electron chi connectivity index (χ2n) is 8.50. The van der Waals surface area contributed by atoms with Gasteiger partial charge in [0.05, 0.1) is 0 Å². The molecule has 1 fully saturated rings. The van der Waals surface area contributed by atoms with Gasteiger partial charge in [0.1, 0.15) is 5.75 Å². The van der Waals surface area contributed by atoms with Gasteiger partial charge in [0.2, 0.25) is 0 Å². The molecule has 4 nitrogen and oxygen atoms in total. The van der Waals surface area contributed by atoms with E-state index in [1.807, 2.05) is 12.1 Å². The van der Waals surface area contributed by atoms with Crippen molar-refractivity contribution in [1.29, 1.82) is 0 Å². The van der Waals surface area contributed by atoms with Crippen molar-refractivity contribution in [3.63, 3.8) is 0 Å². The molecule has 3 atom stereocenters. The van der Waals surface area contributed by atoms with Crippen LogP contribution in [0.5, 0.6) is 5.75 Å². The molecule has 0 bridgehead atoms. The van der Waals surface area contributed by atoms with Crippen LogP contribution in [-0.4, -0.2) is 24.4 Å². The minimum absolute atomic E-state index is 0.0604. The molecule has 0 spiro atoms. The van der Waals surface area contributed by atoms with Gasteiger partial charge in [0.15, 0.2) is 0 Å². The molecule has 1 saturated carbocycles. The predicted molar refractivity (Wildman–Crippen MR) is 122 cm³/mol. The molecule has 174 valence electrons. The Hall–Kier alpha value is -3.06. The van der Waals surface area contributed by atoms with Gasteiger partial charge in [-0.05, 0) is 60.4 Å². The number of benzene rings is 3. The molecule has 0 saturated heterocycles. The van der Waals surface area contributed by atoms with E-state index in [1.165, 1.54) is 28.5 Å². The summed E-state index contributed by atoms with van der Waals surface area (Å²) in [5.41, 5.74) is 1.51. The zero-order chi connectivity index (χ0) is 23.4. The maximum absolute atomic E-state index is 12.8. The first-order valence-electron chi connectivity index (χ1n) is 11.2. The number of rotatable bonds is 6. The maximum Gasteiger partial charge on any atom is 0.573 e. The van der Waals surface area contributed by atoms with Crippen LogP contribution >= 0.6 is 0 Å². The molecule has 3 aromatic carbocycles. The Balaban J connectivity index is 1.43. The normalized spacial score (nSPS) is 19.8. The van der Waals surface area contributed by atoms with Gasteiger partial charge >= 0.3 is 6.36 Å². The molecule has 33 heavy (non-hydrogen) atoms. The SMILES string of the molecule is C[C@H](N[C@H]1CCCC[C@@H]1NC(=O)c1ccc(OC(F)(F)F)cc1)c1cccc2ccccc12. The molecule has 7 heteroatoms. The van der Waals surface area contributed by atoms with Gasteiger partial charge in [-0.2, -0.15) is 0 Å². The van der Waals surface area contributed by atoms with Gasteiger partial charge in [0.25, 0.3) is 5.91 Å². The Labute approximate surface area is 191 Å². The third-order valence-corrected chi connectivity index (χ3v) is 6.19. The molecule has 0 aromatic heterocycles. The van der Waals surface area contributed by atoms with E-state index in [-0.39, 0.29) is 29.8 Å². The number of alkyl halides is 3. The first kappa shape index (κ1) is 23.1. The number of halogens is 3. The summed E-state index contributed by atoms with van der Waals surface area (Å²) in [5.74, 6) is -0.648. The van der Waals surface area contributed by atoms with Crippen LogP contribution < -0.4 is 15.4 Å². The maximum atomic E-state index is 12.8. The monoisotopic (exact) mass is 456 g/mol. The van der Waals surface area contributed by atoms with Crippen LogP contribution in [0.1, 0.15) is 54.6 Å². The average Bonchev–Trinajstić information content (AvgIpc) is 2.79. The number of carbonyl (C=O) groups is 1. The second-order valence-corrected chi connectivity index (χ2v) is 8.50. The van der Waals surface area contributed by atoms with Gasteiger partial charge in [-0.15, -0.1) is 13.2 Å². The van der Waals surface area contributed by atoms with Crippen LogP contribution in [0.25, 0.3) is 10.8 Å². The van der Waals surface area contributed by atoms with Crippen molar-refractivity contribution in [1.82, 2.24) is 10.6 Å². The summed E-state index contributed by atoms with van der Waals surface area (Å²) in [6.07, 6.45) is -0.870. The topological polar surface area (TPSA) is 50.4 Å². The summed E-state index contributed by atoms with van der Waals surface area (Å²) in [5, 5.41) is 9.19. The lowest BCUT2D eigenvalue weighted by atomic mass is 9.88. The summed E-state index contributed by atoms with van der Waals surface area (Å²) in [6.45, 7) is 2.13. The quantitative estimate of drug-likeness (QED) is 0.469. The van der Waals surface area contributed by atoms with E-state index in [0.29, 0.717) is 5.56 Å². The second kappa shape index (κ2) is 9.83. The first-order chi connectivity index (χ1) is 15.8. The Kier molecular flexibility index (Phi) is 6.88. The predicted octanol–water partition coefficient (Wildman–Crippen LogP) is 6.13. The molecule has 0 aliphatic heterocycles. The van der Waals surface area contributed by atoms with Crippen LogP contribution in [0.3, 0.4) is 0 Å². The van der Waals surface area contributed by atoms with Gasteiger partial charge in [-0.3, -0.25) is 4.79 Å². The zero-order valence-corrected chi connectivity index (χ0v) is 18.4. The number of hydrogen-bond acceptors (Lipinski definition) is 3.